The first-order chi connectivity index (χ1) is 9.69. The molecule has 1 amide bonds. The number of nitrogens with one attached hydrogen (secondary N) is 1. The normalized spacial score (nSPS) is 21.5. The van der Waals surface area contributed by atoms with Crippen molar-refractivity contribution in [3.63, 3.8) is 0 Å². The van der Waals surface area contributed by atoms with Crippen molar-refractivity contribution in [2.24, 2.45) is 11.7 Å². The first-order valence-corrected chi connectivity index (χ1v) is 6.99. The lowest BCUT2D eigenvalue weighted by atomic mass is 10.1. The molecule has 0 spiro atoms. The van der Waals surface area contributed by atoms with Gasteiger partial charge in [-0.1, -0.05) is 0 Å². The van der Waals surface area contributed by atoms with E-state index in [2.05, 4.69) is 5.32 Å². The molecule has 0 heterocycles. The third-order valence-electron chi connectivity index (χ3n) is 3.57. The summed E-state index contributed by atoms with van der Waals surface area (Å²) in [4.78, 5) is 11.8. The van der Waals surface area contributed by atoms with Crippen molar-refractivity contribution in [2.75, 3.05) is 20.3 Å². The zero-order chi connectivity index (χ0) is 14.4. The maximum atomic E-state index is 11.8. The van der Waals surface area contributed by atoms with E-state index in [9.17, 15) is 4.79 Å². The average Bonchev–Trinajstić information content (AvgIpc) is 2.91. The Balaban J connectivity index is 1.64. The summed E-state index contributed by atoms with van der Waals surface area (Å²) >= 11 is 0. The van der Waals surface area contributed by atoms with Gasteiger partial charge in [-0.15, -0.1) is 0 Å². The summed E-state index contributed by atoms with van der Waals surface area (Å²) in [7, 11) is 1.63. The van der Waals surface area contributed by atoms with E-state index >= 15 is 0 Å². The van der Waals surface area contributed by atoms with Crippen LogP contribution >= 0.6 is 0 Å². The van der Waals surface area contributed by atoms with Crippen LogP contribution in [0.2, 0.25) is 0 Å². The third kappa shape index (κ3) is 4.13. The quantitative estimate of drug-likeness (QED) is 0.770. The van der Waals surface area contributed by atoms with E-state index in [4.69, 9.17) is 15.2 Å². The Hall–Kier alpha value is -1.75. The molecule has 2 atom stereocenters. The molecule has 3 N–H and O–H groups in total. The molecule has 2 rings (SSSR count). The second-order valence-electron chi connectivity index (χ2n) is 5.09. The van der Waals surface area contributed by atoms with Crippen LogP contribution < -0.4 is 20.5 Å². The van der Waals surface area contributed by atoms with Gasteiger partial charge in [-0.2, -0.15) is 0 Å². The van der Waals surface area contributed by atoms with Gasteiger partial charge in [0.15, 0.2) is 0 Å². The zero-order valence-electron chi connectivity index (χ0n) is 11.8. The van der Waals surface area contributed by atoms with Crippen molar-refractivity contribution in [1.29, 1.82) is 0 Å². The van der Waals surface area contributed by atoms with Gasteiger partial charge in [0, 0.05) is 12.0 Å². The number of methoxy groups -OCH3 is 1. The van der Waals surface area contributed by atoms with E-state index in [1.807, 2.05) is 24.3 Å². The van der Waals surface area contributed by atoms with Crippen molar-refractivity contribution >= 4 is 5.91 Å². The van der Waals surface area contributed by atoms with Crippen LogP contribution in [0.15, 0.2) is 24.3 Å². The van der Waals surface area contributed by atoms with Crippen LogP contribution in [0, 0.1) is 5.92 Å². The first kappa shape index (κ1) is 14.7. The minimum Gasteiger partial charge on any atom is -0.497 e. The van der Waals surface area contributed by atoms with Crippen molar-refractivity contribution < 1.29 is 14.3 Å². The second-order valence-corrected chi connectivity index (χ2v) is 5.09. The Morgan fingerprint density at radius 3 is 2.60 bits per heavy atom. The van der Waals surface area contributed by atoms with Crippen LogP contribution in [0.5, 0.6) is 11.5 Å². The van der Waals surface area contributed by atoms with Gasteiger partial charge < -0.3 is 20.5 Å². The molecule has 2 unspecified atom stereocenters. The van der Waals surface area contributed by atoms with Crippen molar-refractivity contribution in [1.82, 2.24) is 5.32 Å². The van der Waals surface area contributed by atoms with Crippen molar-refractivity contribution in [2.45, 2.75) is 25.3 Å². The third-order valence-corrected chi connectivity index (χ3v) is 3.57. The highest BCUT2D eigenvalue weighted by Crippen LogP contribution is 2.23. The molecule has 1 saturated carbocycles. The topological polar surface area (TPSA) is 73.6 Å². The fourth-order valence-electron chi connectivity index (χ4n) is 2.41. The molecule has 0 radical (unpaired) electrons. The molecule has 0 bridgehead atoms. The van der Waals surface area contributed by atoms with Gasteiger partial charge in [0.05, 0.1) is 13.7 Å². The monoisotopic (exact) mass is 278 g/mol. The molecule has 1 aliphatic carbocycles. The number of benzene rings is 1. The molecule has 0 aromatic heterocycles. The summed E-state index contributed by atoms with van der Waals surface area (Å²) in [5, 5.41) is 2.89. The smallest absolute Gasteiger partial charge is 0.223 e. The summed E-state index contributed by atoms with van der Waals surface area (Å²) in [6.45, 7) is 0.966. The van der Waals surface area contributed by atoms with Crippen LogP contribution in [-0.4, -0.2) is 32.2 Å². The Bertz CT molecular complexity index is 433. The lowest BCUT2D eigenvalue weighted by Gasteiger charge is -2.11. The number of rotatable bonds is 6. The number of amides is 1. The van der Waals surface area contributed by atoms with Gasteiger partial charge >= 0.3 is 0 Å². The summed E-state index contributed by atoms with van der Waals surface area (Å²) in [5.74, 6) is 1.73. The molecule has 0 saturated heterocycles. The summed E-state index contributed by atoms with van der Waals surface area (Å²) in [5.41, 5.74) is 5.80. The number of hydrogen-bond donors (Lipinski definition) is 2. The fraction of sp³-hybridized carbons (Fsp3) is 0.533. The molecular weight excluding hydrogens is 256 g/mol. The van der Waals surface area contributed by atoms with E-state index in [0.29, 0.717) is 13.2 Å². The van der Waals surface area contributed by atoms with E-state index in [1.165, 1.54) is 0 Å². The molecule has 5 heteroatoms. The lowest BCUT2D eigenvalue weighted by molar-refractivity contribution is -0.124. The van der Waals surface area contributed by atoms with Gasteiger partial charge in [0.1, 0.15) is 18.1 Å². The second kappa shape index (κ2) is 7.14. The van der Waals surface area contributed by atoms with Crippen LogP contribution in [0.25, 0.3) is 0 Å². The fourth-order valence-corrected chi connectivity index (χ4v) is 2.41. The largest absolute Gasteiger partial charge is 0.497 e. The van der Waals surface area contributed by atoms with Crippen LogP contribution in [0.3, 0.4) is 0 Å². The van der Waals surface area contributed by atoms with E-state index in [0.717, 1.165) is 30.8 Å². The predicted octanol–water partition coefficient (Wildman–Crippen LogP) is 1.32. The minimum absolute atomic E-state index is 0.0750. The maximum absolute atomic E-state index is 11.8. The van der Waals surface area contributed by atoms with Crippen LogP contribution in [0.1, 0.15) is 19.3 Å². The van der Waals surface area contributed by atoms with Gasteiger partial charge in [-0.25, -0.2) is 0 Å². The minimum atomic E-state index is 0.0750. The Morgan fingerprint density at radius 1 is 1.30 bits per heavy atom. The molecule has 5 nitrogen and oxygen atoms in total. The molecule has 1 fully saturated rings. The number of hydrogen-bond acceptors (Lipinski definition) is 4. The van der Waals surface area contributed by atoms with Crippen LogP contribution in [-0.2, 0) is 4.79 Å². The van der Waals surface area contributed by atoms with Gasteiger partial charge in [0.2, 0.25) is 5.91 Å². The zero-order valence-corrected chi connectivity index (χ0v) is 11.8. The molecule has 0 aliphatic heterocycles. The highest BCUT2D eigenvalue weighted by molar-refractivity contribution is 5.78. The number of carbonyl (C=O) groups is 1. The standard InChI is InChI=1S/C15H22N2O3/c1-19-13-4-6-14(7-5-13)20-9-8-17-15(18)11-2-3-12(16)10-11/h4-7,11-12H,2-3,8-10,16H2,1H3,(H,17,18). The molecule has 1 aromatic rings. The van der Waals surface area contributed by atoms with E-state index in [1.54, 1.807) is 7.11 Å². The molecule has 1 aliphatic rings. The van der Waals surface area contributed by atoms with E-state index < -0.39 is 0 Å². The van der Waals surface area contributed by atoms with E-state index in [-0.39, 0.29) is 17.9 Å². The van der Waals surface area contributed by atoms with Crippen LogP contribution in [0.4, 0.5) is 0 Å². The number of carbonyl (C=O) groups excluding carboxylic acids is 1. The van der Waals surface area contributed by atoms with Gasteiger partial charge in [-0.05, 0) is 43.5 Å². The average molecular weight is 278 g/mol. The first-order valence-electron chi connectivity index (χ1n) is 6.99. The lowest BCUT2D eigenvalue weighted by Crippen LogP contribution is -2.33. The summed E-state index contributed by atoms with van der Waals surface area (Å²) in [6.07, 6.45) is 2.64. The van der Waals surface area contributed by atoms with Crippen molar-refractivity contribution in [3.8, 4) is 11.5 Å². The number of nitrogens with two attached hydrogens (primary N) is 1. The highest BCUT2D eigenvalue weighted by atomic mass is 16.5. The molecular formula is C15H22N2O3. The SMILES string of the molecule is COc1ccc(OCCNC(=O)C2CCC(N)C2)cc1. The highest BCUT2D eigenvalue weighted by Gasteiger charge is 2.27. The Morgan fingerprint density at radius 2 is 2.00 bits per heavy atom. The molecule has 110 valence electrons. The van der Waals surface area contributed by atoms with Gasteiger partial charge in [0.25, 0.3) is 0 Å². The van der Waals surface area contributed by atoms with Gasteiger partial charge in [-0.3, -0.25) is 4.79 Å². The van der Waals surface area contributed by atoms with Crippen molar-refractivity contribution in [3.05, 3.63) is 24.3 Å². The molecule has 20 heavy (non-hydrogen) atoms. The predicted molar refractivity (Wildman–Crippen MR) is 76.8 cm³/mol. The Kier molecular flexibility index (Phi) is 5.24. The maximum Gasteiger partial charge on any atom is 0.223 e. The Labute approximate surface area is 119 Å². The number of ether oxygens (including phenoxy) is 2. The molecule has 1 aromatic carbocycles. The summed E-state index contributed by atoms with van der Waals surface area (Å²) < 4.78 is 10.6. The summed E-state index contributed by atoms with van der Waals surface area (Å²) in [6, 6.07) is 7.55.